The van der Waals surface area contributed by atoms with Gasteiger partial charge in [-0.25, -0.2) is 0 Å². The average molecular weight is 291 g/mol. The van der Waals surface area contributed by atoms with Gasteiger partial charge in [-0.15, -0.1) is 0 Å². The number of hydrogen-bond donors (Lipinski definition) is 2. The first-order valence-electron chi connectivity index (χ1n) is 7.43. The molecule has 0 aliphatic carbocycles. The number of aromatic hydroxyl groups is 1. The highest BCUT2D eigenvalue weighted by Gasteiger charge is 2.08. The van der Waals surface area contributed by atoms with Gasteiger partial charge in [0.2, 0.25) is 5.91 Å². The lowest BCUT2D eigenvalue weighted by Gasteiger charge is -2.08. The summed E-state index contributed by atoms with van der Waals surface area (Å²) in [6.07, 6.45) is 7.91. The number of amides is 1. The minimum Gasteiger partial charge on any atom is -0.504 e. The van der Waals surface area contributed by atoms with Crippen molar-refractivity contribution < 1.29 is 14.6 Å². The Labute approximate surface area is 126 Å². The summed E-state index contributed by atoms with van der Waals surface area (Å²) in [5.41, 5.74) is 6.94. The van der Waals surface area contributed by atoms with Gasteiger partial charge < -0.3 is 15.6 Å². The van der Waals surface area contributed by atoms with Gasteiger partial charge in [0.15, 0.2) is 11.5 Å². The zero-order valence-electron chi connectivity index (χ0n) is 12.9. The minimum absolute atomic E-state index is 0.0884. The molecule has 0 saturated carbocycles. The molecular weight excluding hydrogens is 266 g/mol. The number of carbonyl (C=O) groups is 1. The number of hydrogen-bond acceptors (Lipinski definition) is 3. The molecule has 0 unspecified atom stereocenters. The van der Waals surface area contributed by atoms with Crippen LogP contribution in [-0.4, -0.2) is 18.1 Å². The second-order valence-electron chi connectivity index (χ2n) is 5.13. The molecule has 0 bridgehead atoms. The molecule has 0 radical (unpaired) electrons. The van der Waals surface area contributed by atoms with E-state index < -0.39 is 5.91 Å². The molecule has 0 atom stereocenters. The SMILES string of the molecule is CCCCCC/C=C(\Cc1ccc(O)c(OC)c1)C(N)=O. The van der Waals surface area contributed by atoms with Crippen molar-refractivity contribution in [1.29, 1.82) is 0 Å². The highest BCUT2D eigenvalue weighted by Crippen LogP contribution is 2.27. The molecule has 3 N–H and O–H groups in total. The third-order valence-electron chi connectivity index (χ3n) is 3.40. The fraction of sp³-hybridized carbons (Fsp3) is 0.471. The van der Waals surface area contributed by atoms with Crippen molar-refractivity contribution >= 4 is 5.91 Å². The third-order valence-corrected chi connectivity index (χ3v) is 3.40. The van der Waals surface area contributed by atoms with Gasteiger partial charge in [0, 0.05) is 12.0 Å². The molecule has 1 rings (SSSR count). The molecule has 0 aliphatic rings. The van der Waals surface area contributed by atoms with Crippen molar-refractivity contribution in [3.63, 3.8) is 0 Å². The highest BCUT2D eigenvalue weighted by atomic mass is 16.5. The van der Waals surface area contributed by atoms with Crippen LogP contribution in [-0.2, 0) is 11.2 Å². The van der Waals surface area contributed by atoms with Crippen LogP contribution < -0.4 is 10.5 Å². The summed E-state index contributed by atoms with van der Waals surface area (Å²) in [6, 6.07) is 5.06. The number of carbonyl (C=O) groups excluding carboxylic acids is 1. The van der Waals surface area contributed by atoms with Crippen LogP contribution in [0.2, 0.25) is 0 Å². The zero-order valence-corrected chi connectivity index (χ0v) is 12.9. The van der Waals surface area contributed by atoms with Crippen LogP contribution in [0.3, 0.4) is 0 Å². The zero-order chi connectivity index (χ0) is 15.7. The maximum Gasteiger partial charge on any atom is 0.244 e. The van der Waals surface area contributed by atoms with Gasteiger partial charge >= 0.3 is 0 Å². The summed E-state index contributed by atoms with van der Waals surface area (Å²) in [7, 11) is 1.50. The van der Waals surface area contributed by atoms with Crippen LogP contribution in [0.15, 0.2) is 29.8 Å². The lowest BCUT2D eigenvalue weighted by atomic mass is 10.0. The molecular formula is C17H25NO3. The summed E-state index contributed by atoms with van der Waals surface area (Å²) >= 11 is 0. The van der Waals surface area contributed by atoms with Crippen molar-refractivity contribution in [3.05, 3.63) is 35.4 Å². The Morgan fingerprint density at radius 3 is 2.71 bits per heavy atom. The largest absolute Gasteiger partial charge is 0.504 e. The summed E-state index contributed by atoms with van der Waals surface area (Å²) in [5.74, 6) is 0.0993. The average Bonchev–Trinajstić information content (AvgIpc) is 2.47. The molecule has 4 heteroatoms. The first-order valence-corrected chi connectivity index (χ1v) is 7.43. The van der Waals surface area contributed by atoms with E-state index in [1.165, 1.54) is 26.4 Å². The van der Waals surface area contributed by atoms with Crippen molar-refractivity contribution in [3.8, 4) is 11.5 Å². The minimum atomic E-state index is -0.391. The monoisotopic (exact) mass is 291 g/mol. The van der Waals surface area contributed by atoms with E-state index in [0.717, 1.165) is 18.4 Å². The van der Waals surface area contributed by atoms with Crippen LogP contribution in [0.4, 0.5) is 0 Å². The number of unbranched alkanes of at least 4 members (excludes halogenated alkanes) is 4. The first-order chi connectivity index (χ1) is 10.1. The summed E-state index contributed by atoms with van der Waals surface area (Å²) in [5, 5.41) is 9.57. The molecule has 1 amide bonds. The lowest BCUT2D eigenvalue weighted by molar-refractivity contribution is -0.114. The Bertz CT molecular complexity index is 495. The normalized spacial score (nSPS) is 11.4. The van der Waals surface area contributed by atoms with Crippen LogP contribution in [0.25, 0.3) is 0 Å². The fourth-order valence-corrected chi connectivity index (χ4v) is 2.16. The number of phenols is 1. The van der Waals surface area contributed by atoms with E-state index in [0.29, 0.717) is 17.7 Å². The summed E-state index contributed by atoms with van der Waals surface area (Å²) in [4.78, 5) is 11.5. The van der Waals surface area contributed by atoms with Gasteiger partial charge in [-0.05, 0) is 30.5 Å². The maximum atomic E-state index is 11.5. The number of rotatable bonds is 9. The quantitative estimate of drug-likeness (QED) is 0.541. The van der Waals surface area contributed by atoms with E-state index in [4.69, 9.17) is 10.5 Å². The van der Waals surface area contributed by atoms with Crippen molar-refractivity contribution in [2.24, 2.45) is 5.73 Å². The lowest BCUT2D eigenvalue weighted by Crippen LogP contribution is -2.15. The summed E-state index contributed by atoms with van der Waals surface area (Å²) < 4.78 is 5.07. The van der Waals surface area contributed by atoms with Gasteiger partial charge in [-0.3, -0.25) is 4.79 Å². The third kappa shape index (κ3) is 5.90. The van der Waals surface area contributed by atoms with Crippen LogP contribution in [0.1, 0.15) is 44.6 Å². The topological polar surface area (TPSA) is 72.6 Å². The van der Waals surface area contributed by atoms with Crippen molar-refractivity contribution in [1.82, 2.24) is 0 Å². The van der Waals surface area contributed by atoms with Crippen LogP contribution in [0.5, 0.6) is 11.5 Å². The van der Waals surface area contributed by atoms with Crippen molar-refractivity contribution in [2.45, 2.75) is 45.4 Å². The molecule has 4 nitrogen and oxygen atoms in total. The van der Waals surface area contributed by atoms with Gasteiger partial charge in [-0.2, -0.15) is 0 Å². The number of primary amides is 1. The van der Waals surface area contributed by atoms with Crippen molar-refractivity contribution in [2.75, 3.05) is 7.11 Å². The van der Waals surface area contributed by atoms with E-state index >= 15 is 0 Å². The fourth-order valence-electron chi connectivity index (χ4n) is 2.16. The Balaban J connectivity index is 2.70. The van der Waals surface area contributed by atoms with E-state index in [1.807, 2.05) is 6.08 Å². The molecule has 1 aromatic rings. The van der Waals surface area contributed by atoms with Gasteiger partial charge in [0.1, 0.15) is 0 Å². The van der Waals surface area contributed by atoms with Gasteiger partial charge in [0.25, 0.3) is 0 Å². The van der Waals surface area contributed by atoms with Gasteiger partial charge in [-0.1, -0.05) is 38.3 Å². The van der Waals surface area contributed by atoms with E-state index in [2.05, 4.69) is 6.92 Å². The number of benzene rings is 1. The van der Waals surface area contributed by atoms with E-state index in [9.17, 15) is 9.90 Å². The molecule has 0 aliphatic heterocycles. The second-order valence-corrected chi connectivity index (χ2v) is 5.13. The van der Waals surface area contributed by atoms with E-state index in [1.54, 1.807) is 18.2 Å². The molecule has 0 fully saturated rings. The number of phenolic OH excluding ortho intramolecular Hbond substituents is 1. The predicted octanol–water partition coefficient (Wildman–Crippen LogP) is 3.33. The first kappa shape index (κ1) is 17.1. The number of nitrogens with two attached hydrogens (primary N) is 1. The predicted molar refractivity (Wildman–Crippen MR) is 84.4 cm³/mol. The van der Waals surface area contributed by atoms with Gasteiger partial charge in [0.05, 0.1) is 7.11 Å². The molecule has 1 aromatic carbocycles. The van der Waals surface area contributed by atoms with Crippen LogP contribution >= 0.6 is 0 Å². The van der Waals surface area contributed by atoms with Crippen LogP contribution in [0, 0.1) is 0 Å². The number of ether oxygens (including phenoxy) is 1. The standard InChI is InChI=1S/C17H25NO3/c1-3-4-5-6-7-8-14(17(18)20)11-13-9-10-15(19)16(12-13)21-2/h8-10,12,19H,3-7,11H2,1-2H3,(H2,18,20)/b14-8+. The summed E-state index contributed by atoms with van der Waals surface area (Å²) in [6.45, 7) is 2.17. The highest BCUT2D eigenvalue weighted by molar-refractivity contribution is 5.92. The Morgan fingerprint density at radius 2 is 2.10 bits per heavy atom. The molecule has 0 heterocycles. The molecule has 0 saturated heterocycles. The molecule has 0 aromatic heterocycles. The maximum absolute atomic E-state index is 11.5. The Hall–Kier alpha value is -1.97. The second kappa shape index (κ2) is 9.06. The number of allylic oxidation sites excluding steroid dienone is 1. The Morgan fingerprint density at radius 1 is 1.33 bits per heavy atom. The molecule has 116 valence electrons. The smallest absolute Gasteiger partial charge is 0.244 e. The number of methoxy groups -OCH3 is 1. The Kier molecular flexibility index (Phi) is 7.37. The molecule has 0 spiro atoms. The molecule has 21 heavy (non-hydrogen) atoms. The van der Waals surface area contributed by atoms with E-state index in [-0.39, 0.29) is 5.75 Å².